The van der Waals surface area contributed by atoms with E-state index >= 15 is 0 Å². The zero-order chi connectivity index (χ0) is 33.3. The van der Waals surface area contributed by atoms with Crippen LogP contribution in [-0.2, 0) is 28.2 Å². The average molecular weight is 659 g/mol. The number of unbranched alkanes of at least 4 members (excludes halogenated alkanes) is 19. The summed E-state index contributed by atoms with van der Waals surface area (Å²) in [6.45, 7) is 3.62. The van der Waals surface area contributed by atoms with Gasteiger partial charge in [-0.15, -0.1) is 0 Å². The van der Waals surface area contributed by atoms with Crippen molar-refractivity contribution in [3.05, 3.63) is 24.3 Å². The van der Waals surface area contributed by atoms with Gasteiger partial charge in [-0.3, -0.25) is 14.1 Å². The number of rotatable bonds is 33. The summed E-state index contributed by atoms with van der Waals surface area (Å²) in [6.07, 6.45) is 34.7. The quantitative estimate of drug-likeness (QED) is 0.0309. The molecule has 45 heavy (non-hydrogen) atoms. The van der Waals surface area contributed by atoms with Crippen LogP contribution in [-0.4, -0.2) is 41.0 Å². The summed E-state index contributed by atoms with van der Waals surface area (Å²) in [5.41, 5.74) is 0. The largest absolute Gasteiger partial charge is 0.469 e. The second-order valence-corrected chi connectivity index (χ2v) is 13.4. The van der Waals surface area contributed by atoms with Crippen LogP contribution in [0.25, 0.3) is 0 Å². The third-order valence-corrected chi connectivity index (χ3v) is 8.21. The number of hydrogen-bond donors (Lipinski definition) is 2. The lowest BCUT2D eigenvalue weighted by Crippen LogP contribution is -2.29. The van der Waals surface area contributed by atoms with Crippen molar-refractivity contribution in [1.29, 1.82) is 0 Å². The number of carbonyl (C=O) groups is 2. The van der Waals surface area contributed by atoms with Gasteiger partial charge in [0.2, 0.25) is 0 Å². The highest BCUT2D eigenvalue weighted by molar-refractivity contribution is 7.46. The zero-order valence-electron chi connectivity index (χ0n) is 28.8. The van der Waals surface area contributed by atoms with Gasteiger partial charge < -0.3 is 19.3 Å². The van der Waals surface area contributed by atoms with Gasteiger partial charge in [0.25, 0.3) is 0 Å². The minimum atomic E-state index is -4.75. The smallest absolute Gasteiger partial charge is 0.462 e. The van der Waals surface area contributed by atoms with E-state index < -0.39 is 32.5 Å². The number of ether oxygens (including phenoxy) is 2. The topological polar surface area (TPSA) is 119 Å². The van der Waals surface area contributed by atoms with Gasteiger partial charge in [-0.05, 0) is 38.5 Å². The van der Waals surface area contributed by atoms with Crippen LogP contribution in [0, 0.1) is 0 Å². The van der Waals surface area contributed by atoms with Crippen molar-refractivity contribution < 1.29 is 37.9 Å². The van der Waals surface area contributed by atoms with Gasteiger partial charge in [-0.1, -0.05) is 147 Å². The second-order valence-electron chi connectivity index (χ2n) is 12.2. The molecular weight excluding hydrogens is 591 g/mol. The highest BCUT2D eigenvalue weighted by Gasteiger charge is 2.22. The number of phosphoric acid groups is 1. The Morgan fingerprint density at radius 1 is 0.578 bits per heavy atom. The molecule has 0 unspecified atom stereocenters. The fourth-order valence-corrected chi connectivity index (χ4v) is 5.34. The molecule has 8 nitrogen and oxygen atoms in total. The van der Waals surface area contributed by atoms with Gasteiger partial charge in [0.05, 0.1) is 6.61 Å². The maximum absolute atomic E-state index is 12.3. The van der Waals surface area contributed by atoms with E-state index in [1.165, 1.54) is 70.6 Å². The van der Waals surface area contributed by atoms with Crippen LogP contribution in [0.5, 0.6) is 0 Å². The highest BCUT2D eigenvalue weighted by atomic mass is 31.2. The standard InChI is InChI=1S/C36H67O8P/c1-3-5-7-9-11-13-15-17-19-20-22-24-26-28-30-35(37)42-32-34(33-43-45(39,40)41)44-36(38)31-29-27-25-23-21-18-16-14-12-10-8-6-4-2/h9,11,15,17,34H,3-8,10,12-14,16,18-33H2,1-2H3,(H2,39,40,41)/b11-9+,17-15+/t34-/m1/s1. The number of hydrogen-bond acceptors (Lipinski definition) is 6. The molecule has 0 spiro atoms. The van der Waals surface area contributed by atoms with Crippen LogP contribution in [0.4, 0.5) is 0 Å². The lowest BCUT2D eigenvalue weighted by molar-refractivity contribution is -0.161. The average Bonchev–Trinajstić information content (AvgIpc) is 3.00. The first-order chi connectivity index (χ1) is 21.8. The first-order valence-corrected chi connectivity index (χ1v) is 19.7. The third kappa shape index (κ3) is 35.2. The summed E-state index contributed by atoms with van der Waals surface area (Å²) in [4.78, 5) is 42.6. The molecular formula is C36H67O8P. The molecule has 2 N–H and O–H groups in total. The first kappa shape index (κ1) is 43.5. The fourth-order valence-electron chi connectivity index (χ4n) is 4.98. The van der Waals surface area contributed by atoms with E-state index in [2.05, 4.69) is 42.7 Å². The van der Waals surface area contributed by atoms with Gasteiger partial charge in [0, 0.05) is 12.8 Å². The molecule has 0 aliphatic heterocycles. The molecule has 0 aromatic carbocycles. The van der Waals surface area contributed by atoms with E-state index in [1.54, 1.807) is 0 Å². The van der Waals surface area contributed by atoms with Crippen LogP contribution >= 0.6 is 7.82 Å². The molecule has 0 aliphatic rings. The Balaban J connectivity index is 3.99. The number of carbonyl (C=O) groups excluding carboxylic acids is 2. The monoisotopic (exact) mass is 658 g/mol. The first-order valence-electron chi connectivity index (χ1n) is 18.1. The van der Waals surface area contributed by atoms with Crippen molar-refractivity contribution in [2.75, 3.05) is 13.2 Å². The maximum Gasteiger partial charge on any atom is 0.469 e. The fraction of sp³-hybridized carbons (Fsp3) is 0.833. The van der Waals surface area contributed by atoms with Crippen molar-refractivity contribution in [2.45, 2.75) is 180 Å². The van der Waals surface area contributed by atoms with E-state index in [0.717, 1.165) is 64.2 Å². The summed E-state index contributed by atoms with van der Waals surface area (Å²) in [5.74, 6) is -0.898. The molecule has 0 heterocycles. The van der Waals surface area contributed by atoms with E-state index in [0.29, 0.717) is 12.8 Å². The van der Waals surface area contributed by atoms with E-state index in [1.807, 2.05) is 0 Å². The Morgan fingerprint density at radius 3 is 1.53 bits per heavy atom. The van der Waals surface area contributed by atoms with Crippen LogP contribution in [0.2, 0.25) is 0 Å². The summed E-state index contributed by atoms with van der Waals surface area (Å²) in [6, 6.07) is 0. The molecule has 1 atom stereocenters. The van der Waals surface area contributed by atoms with Gasteiger partial charge in [0.15, 0.2) is 6.10 Å². The lowest BCUT2D eigenvalue weighted by atomic mass is 10.0. The zero-order valence-corrected chi connectivity index (χ0v) is 29.7. The van der Waals surface area contributed by atoms with Gasteiger partial charge in [0.1, 0.15) is 6.61 Å². The maximum atomic E-state index is 12.3. The Kier molecular flexibility index (Phi) is 31.4. The Labute approximate surface area is 275 Å². The van der Waals surface area contributed by atoms with E-state index in [-0.39, 0.29) is 19.4 Å². The SMILES string of the molecule is CCCC/C=C/C/C=C/CCCCCCCC(=O)OC[C@H](COP(=O)(O)O)OC(=O)CCCCCCCCCCCCCCC. The van der Waals surface area contributed by atoms with E-state index in [9.17, 15) is 14.2 Å². The third-order valence-electron chi connectivity index (χ3n) is 7.72. The summed E-state index contributed by atoms with van der Waals surface area (Å²) >= 11 is 0. The molecule has 0 aromatic rings. The minimum Gasteiger partial charge on any atom is -0.462 e. The molecule has 9 heteroatoms. The van der Waals surface area contributed by atoms with Crippen molar-refractivity contribution in [2.24, 2.45) is 0 Å². The molecule has 0 saturated carbocycles. The van der Waals surface area contributed by atoms with Crippen molar-refractivity contribution >= 4 is 19.8 Å². The highest BCUT2D eigenvalue weighted by Crippen LogP contribution is 2.36. The Bertz CT molecular complexity index is 792. The van der Waals surface area contributed by atoms with Crippen LogP contribution < -0.4 is 0 Å². The molecule has 0 radical (unpaired) electrons. The predicted molar refractivity (Wildman–Crippen MR) is 184 cm³/mol. The minimum absolute atomic E-state index is 0.212. The van der Waals surface area contributed by atoms with Crippen molar-refractivity contribution in [1.82, 2.24) is 0 Å². The molecule has 0 rings (SSSR count). The summed E-state index contributed by atoms with van der Waals surface area (Å²) in [7, 11) is -4.75. The van der Waals surface area contributed by atoms with Gasteiger partial charge >= 0.3 is 19.8 Å². The van der Waals surface area contributed by atoms with Gasteiger partial charge in [-0.25, -0.2) is 4.57 Å². The normalized spacial score (nSPS) is 12.7. The summed E-state index contributed by atoms with van der Waals surface area (Å²) < 4.78 is 26.2. The lowest BCUT2D eigenvalue weighted by Gasteiger charge is -2.18. The molecule has 0 aromatic heterocycles. The summed E-state index contributed by atoms with van der Waals surface area (Å²) in [5, 5.41) is 0. The van der Waals surface area contributed by atoms with Crippen LogP contribution in [0.3, 0.4) is 0 Å². The van der Waals surface area contributed by atoms with Crippen molar-refractivity contribution in [3.8, 4) is 0 Å². The molecule has 0 fully saturated rings. The van der Waals surface area contributed by atoms with Crippen LogP contribution in [0.15, 0.2) is 24.3 Å². The van der Waals surface area contributed by atoms with E-state index in [4.69, 9.17) is 19.3 Å². The second kappa shape index (κ2) is 32.5. The van der Waals surface area contributed by atoms with Crippen LogP contribution in [0.1, 0.15) is 174 Å². The molecule has 0 saturated heterocycles. The number of phosphoric ester groups is 1. The van der Waals surface area contributed by atoms with Gasteiger partial charge in [-0.2, -0.15) is 0 Å². The molecule has 0 aliphatic carbocycles. The predicted octanol–water partition coefficient (Wildman–Crippen LogP) is 10.5. The molecule has 264 valence electrons. The molecule has 0 amide bonds. The molecule has 0 bridgehead atoms. The van der Waals surface area contributed by atoms with Crippen molar-refractivity contribution in [3.63, 3.8) is 0 Å². The number of esters is 2. The number of allylic oxidation sites excluding steroid dienone is 4. The Morgan fingerprint density at radius 2 is 1.02 bits per heavy atom. The Hall–Kier alpha value is -1.47.